The summed E-state index contributed by atoms with van der Waals surface area (Å²) in [6.45, 7) is 0. The second-order valence-corrected chi connectivity index (χ2v) is 5.73. The van der Waals surface area contributed by atoms with Crippen molar-refractivity contribution < 1.29 is 13.6 Å². The lowest BCUT2D eigenvalue weighted by Gasteiger charge is -2.19. The first kappa shape index (κ1) is 16.8. The lowest BCUT2D eigenvalue weighted by molar-refractivity contribution is -0.121. The van der Waals surface area contributed by atoms with Gasteiger partial charge in [0, 0.05) is 25.0 Å². The summed E-state index contributed by atoms with van der Waals surface area (Å²) < 4.78 is 29.3. The minimum Gasteiger partial charge on any atom is -0.342 e. The van der Waals surface area contributed by atoms with Gasteiger partial charge >= 0.3 is 0 Å². The summed E-state index contributed by atoms with van der Waals surface area (Å²) >= 11 is 0. The van der Waals surface area contributed by atoms with Crippen LogP contribution in [0.25, 0.3) is 0 Å². The third kappa shape index (κ3) is 3.91. The van der Waals surface area contributed by atoms with Gasteiger partial charge in [-0.05, 0) is 23.8 Å². The summed E-state index contributed by atoms with van der Waals surface area (Å²) in [7, 11) is 1.77. The molecular weight excluding hydrogens is 324 g/mol. The summed E-state index contributed by atoms with van der Waals surface area (Å²) in [5.41, 5.74) is 0.869. The van der Waals surface area contributed by atoms with Crippen LogP contribution in [0.3, 0.4) is 0 Å². The average molecular weight is 341 g/mol. The van der Waals surface area contributed by atoms with Crippen LogP contribution >= 0.6 is 0 Å². The Hall–Kier alpha value is -3.02. The van der Waals surface area contributed by atoms with Gasteiger partial charge in [-0.3, -0.25) is 4.79 Å². The first-order valence-corrected chi connectivity index (χ1v) is 7.80. The quantitative estimate of drug-likeness (QED) is 0.775. The van der Waals surface area contributed by atoms with Crippen LogP contribution in [0.4, 0.5) is 8.78 Å². The number of carbonyl (C=O) groups is 1. The van der Waals surface area contributed by atoms with Crippen LogP contribution in [0, 0.1) is 11.6 Å². The largest absolute Gasteiger partial charge is 0.342 e. The van der Waals surface area contributed by atoms with E-state index >= 15 is 0 Å². The van der Waals surface area contributed by atoms with Gasteiger partial charge in [0.1, 0.15) is 23.5 Å². The van der Waals surface area contributed by atoms with Crippen LogP contribution in [-0.4, -0.2) is 15.5 Å². The van der Waals surface area contributed by atoms with Crippen molar-refractivity contribution in [2.75, 3.05) is 0 Å². The Morgan fingerprint density at radius 2 is 2.00 bits per heavy atom. The number of hydrogen-bond donors (Lipinski definition) is 1. The van der Waals surface area contributed by atoms with E-state index in [0.29, 0.717) is 17.0 Å². The molecule has 3 rings (SSSR count). The van der Waals surface area contributed by atoms with Crippen molar-refractivity contribution in [3.63, 3.8) is 0 Å². The van der Waals surface area contributed by atoms with Gasteiger partial charge in [0.25, 0.3) is 0 Å². The molecule has 1 aromatic heterocycles. The Kier molecular flexibility index (Phi) is 4.88. The van der Waals surface area contributed by atoms with Crippen LogP contribution in [0.2, 0.25) is 0 Å². The highest BCUT2D eigenvalue weighted by Crippen LogP contribution is 2.23. The Bertz CT molecular complexity index is 892. The number of aromatic nitrogens is 2. The average Bonchev–Trinajstić information content (AvgIpc) is 2.99. The minimum absolute atomic E-state index is 0.00681. The Morgan fingerprint density at radius 3 is 2.68 bits per heavy atom. The molecule has 2 aromatic carbocycles. The summed E-state index contributed by atoms with van der Waals surface area (Å²) in [5, 5.41) is 2.80. The molecule has 0 radical (unpaired) electrons. The van der Waals surface area contributed by atoms with E-state index in [1.54, 1.807) is 54.3 Å². The maximum absolute atomic E-state index is 14.3. The van der Waals surface area contributed by atoms with E-state index < -0.39 is 17.7 Å². The first-order chi connectivity index (χ1) is 12.0. The zero-order valence-electron chi connectivity index (χ0n) is 13.6. The number of amides is 1. The lowest BCUT2D eigenvalue weighted by Crippen LogP contribution is -2.32. The molecule has 0 spiro atoms. The number of hydrogen-bond acceptors (Lipinski definition) is 2. The van der Waals surface area contributed by atoms with Crippen LogP contribution in [0.5, 0.6) is 0 Å². The molecule has 6 heteroatoms. The molecule has 0 saturated heterocycles. The number of carbonyl (C=O) groups excluding carboxylic acids is 1. The van der Waals surface area contributed by atoms with Gasteiger partial charge < -0.3 is 9.88 Å². The van der Waals surface area contributed by atoms with Gasteiger partial charge in [-0.25, -0.2) is 13.8 Å². The summed E-state index contributed by atoms with van der Waals surface area (Å²) in [6, 6.07) is 11.3. The molecule has 1 N–H and O–H groups in total. The first-order valence-electron chi connectivity index (χ1n) is 7.80. The molecule has 25 heavy (non-hydrogen) atoms. The maximum atomic E-state index is 14.3. The monoisotopic (exact) mass is 341 g/mol. The third-order valence-corrected chi connectivity index (χ3v) is 3.89. The topological polar surface area (TPSA) is 46.9 Å². The van der Waals surface area contributed by atoms with E-state index in [-0.39, 0.29) is 12.3 Å². The molecule has 0 aliphatic carbocycles. The highest BCUT2D eigenvalue weighted by molar-refractivity contribution is 5.79. The van der Waals surface area contributed by atoms with Crippen molar-refractivity contribution in [2.24, 2.45) is 7.05 Å². The summed E-state index contributed by atoms with van der Waals surface area (Å²) in [6.07, 6.45) is 3.30. The van der Waals surface area contributed by atoms with Crippen LogP contribution < -0.4 is 5.32 Å². The number of benzene rings is 2. The maximum Gasteiger partial charge on any atom is 0.225 e. The Morgan fingerprint density at radius 1 is 1.20 bits per heavy atom. The zero-order chi connectivity index (χ0) is 17.8. The van der Waals surface area contributed by atoms with Crippen molar-refractivity contribution >= 4 is 5.91 Å². The second kappa shape index (κ2) is 7.25. The van der Waals surface area contributed by atoms with Gasteiger partial charge in [-0.15, -0.1) is 0 Å². The number of rotatable bonds is 5. The predicted molar refractivity (Wildman–Crippen MR) is 89.7 cm³/mol. The molecule has 1 atom stereocenters. The van der Waals surface area contributed by atoms with E-state index in [4.69, 9.17) is 0 Å². The number of halogens is 2. The van der Waals surface area contributed by atoms with Crippen molar-refractivity contribution in [1.29, 1.82) is 0 Å². The predicted octanol–water partition coefficient (Wildman–Crippen LogP) is 3.15. The fourth-order valence-corrected chi connectivity index (χ4v) is 2.69. The molecule has 1 amide bonds. The molecule has 0 bridgehead atoms. The van der Waals surface area contributed by atoms with Crippen molar-refractivity contribution in [1.82, 2.24) is 14.9 Å². The second-order valence-electron chi connectivity index (χ2n) is 5.73. The molecule has 0 aliphatic rings. The fourth-order valence-electron chi connectivity index (χ4n) is 2.69. The van der Waals surface area contributed by atoms with Crippen molar-refractivity contribution in [3.8, 4) is 0 Å². The zero-order valence-corrected chi connectivity index (χ0v) is 13.6. The molecule has 0 aliphatic heterocycles. The highest BCUT2D eigenvalue weighted by Gasteiger charge is 2.23. The summed E-state index contributed by atoms with van der Waals surface area (Å²) in [5.74, 6) is -0.666. The Balaban J connectivity index is 1.87. The molecule has 4 nitrogen and oxygen atoms in total. The smallest absolute Gasteiger partial charge is 0.225 e. The van der Waals surface area contributed by atoms with E-state index in [1.807, 2.05) is 0 Å². The molecule has 0 fully saturated rings. The van der Waals surface area contributed by atoms with Gasteiger partial charge in [0.2, 0.25) is 5.91 Å². The van der Waals surface area contributed by atoms with E-state index in [9.17, 15) is 13.6 Å². The van der Waals surface area contributed by atoms with Gasteiger partial charge in [0.15, 0.2) is 0 Å². The minimum atomic E-state index is -0.734. The lowest BCUT2D eigenvalue weighted by atomic mass is 10.0. The Labute approximate surface area is 144 Å². The molecule has 0 unspecified atom stereocenters. The fraction of sp³-hybridized carbons (Fsp3) is 0.158. The normalized spacial score (nSPS) is 12.0. The van der Waals surface area contributed by atoms with E-state index in [2.05, 4.69) is 10.3 Å². The van der Waals surface area contributed by atoms with Crippen LogP contribution in [-0.2, 0) is 18.3 Å². The van der Waals surface area contributed by atoms with Gasteiger partial charge in [0.05, 0.1) is 6.42 Å². The SMILES string of the molecule is Cn1ccnc1[C@H](NC(=O)Cc1cccc(F)c1)c1ccccc1F. The highest BCUT2D eigenvalue weighted by atomic mass is 19.1. The number of imidazole rings is 1. The van der Waals surface area contributed by atoms with Crippen LogP contribution in [0.1, 0.15) is 23.0 Å². The van der Waals surface area contributed by atoms with Crippen molar-refractivity contribution in [2.45, 2.75) is 12.5 Å². The molecule has 128 valence electrons. The van der Waals surface area contributed by atoms with E-state index in [1.165, 1.54) is 18.2 Å². The standard InChI is InChI=1S/C19H17F2N3O/c1-24-10-9-22-19(24)18(15-7-2-3-8-16(15)21)23-17(25)12-13-5-4-6-14(20)11-13/h2-11,18H,12H2,1H3,(H,23,25)/t18-/m1/s1. The molecule has 1 heterocycles. The number of aryl methyl sites for hydroxylation is 1. The third-order valence-electron chi connectivity index (χ3n) is 3.89. The number of nitrogens with one attached hydrogen (secondary N) is 1. The van der Waals surface area contributed by atoms with Gasteiger partial charge in [-0.1, -0.05) is 30.3 Å². The van der Waals surface area contributed by atoms with Crippen molar-refractivity contribution in [3.05, 3.63) is 89.5 Å². The van der Waals surface area contributed by atoms with Crippen LogP contribution in [0.15, 0.2) is 60.9 Å². The number of nitrogens with zero attached hydrogens (tertiary/aromatic N) is 2. The molecular formula is C19H17F2N3O. The summed E-state index contributed by atoms with van der Waals surface area (Å²) in [4.78, 5) is 16.7. The van der Waals surface area contributed by atoms with E-state index in [0.717, 1.165) is 0 Å². The molecule has 0 saturated carbocycles. The molecule has 3 aromatic rings. The van der Waals surface area contributed by atoms with Gasteiger partial charge in [-0.2, -0.15) is 0 Å².